The molecule has 0 aromatic rings. The molecule has 84 valence electrons. The summed E-state index contributed by atoms with van der Waals surface area (Å²) < 4.78 is 0. The Kier molecular flexibility index (Phi) is 5.77. The molecule has 14 heavy (non-hydrogen) atoms. The summed E-state index contributed by atoms with van der Waals surface area (Å²) in [4.78, 5) is 10.00. The summed E-state index contributed by atoms with van der Waals surface area (Å²) >= 11 is 0. The Balaban J connectivity index is 4.29. The molecule has 0 unspecified atom stereocenters. The fourth-order valence-electron chi connectivity index (χ4n) is 0.820. The van der Waals surface area contributed by atoms with Crippen LogP contribution < -0.4 is 0 Å². The zero-order valence-electron chi connectivity index (χ0n) is 7.26. The zero-order valence-corrected chi connectivity index (χ0v) is 7.26. The van der Waals surface area contributed by atoms with E-state index in [9.17, 15) is 4.79 Å². The Morgan fingerprint density at radius 3 is 1.79 bits per heavy atom. The molecule has 5 atom stereocenters. The molecule has 0 saturated carbocycles. The standard InChI is InChI=1S/C7H14O7/c8-1-3(10)5(12)7(14)6(13)4(11)2-9/h1,3-7,9-14H,2H2/t3-,4+,5+,6+,7+/m0/s1. The molecular weight excluding hydrogens is 196 g/mol. The predicted octanol–water partition coefficient (Wildman–Crippen LogP) is -4.02. The third-order valence-corrected chi connectivity index (χ3v) is 1.77. The first-order chi connectivity index (χ1) is 6.45. The number of carbonyl (C=O) groups excluding carboxylic acids is 1. The van der Waals surface area contributed by atoms with Crippen molar-refractivity contribution in [1.29, 1.82) is 0 Å². The number of aliphatic hydroxyl groups is 6. The lowest BCUT2D eigenvalue weighted by atomic mass is 10.0. The Hall–Kier alpha value is -0.570. The molecule has 0 aliphatic carbocycles. The number of carbonyl (C=O) groups is 1. The summed E-state index contributed by atoms with van der Waals surface area (Å²) in [5.41, 5.74) is 0. The van der Waals surface area contributed by atoms with E-state index in [1.807, 2.05) is 0 Å². The second-order valence-electron chi connectivity index (χ2n) is 2.85. The van der Waals surface area contributed by atoms with E-state index in [0.29, 0.717) is 0 Å². The van der Waals surface area contributed by atoms with E-state index in [1.54, 1.807) is 0 Å². The number of aldehydes is 1. The minimum Gasteiger partial charge on any atom is -0.394 e. The molecule has 0 heterocycles. The van der Waals surface area contributed by atoms with Crippen LogP contribution in [-0.4, -0.2) is 74.1 Å². The average Bonchev–Trinajstić information content (AvgIpc) is 2.23. The zero-order chi connectivity index (χ0) is 11.3. The van der Waals surface area contributed by atoms with Gasteiger partial charge in [0, 0.05) is 0 Å². The van der Waals surface area contributed by atoms with Gasteiger partial charge < -0.3 is 35.4 Å². The summed E-state index contributed by atoms with van der Waals surface area (Å²) in [6, 6.07) is 0. The lowest BCUT2D eigenvalue weighted by Gasteiger charge is -2.26. The van der Waals surface area contributed by atoms with Gasteiger partial charge in [0.1, 0.15) is 30.5 Å². The van der Waals surface area contributed by atoms with Crippen LogP contribution in [0.4, 0.5) is 0 Å². The SMILES string of the molecule is O=C[C@H](O)[C@@H](O)[C@@H](O)[C@H](O)[C@H](O)CO. The lowest BCUT2D eigenvalue weighted by molar-refractivity contribution is -0.147. The molecule has 0 rings (SSSR count). The van der Waals surface area contributed by atoms with Crippen LogP contribution in [0.5, 0.6) is 0 Å². The first kappa shape index (κ1) is 13.4. The molecule has 7 nitrogen and oxygen atoms in total. The third-order valence-electron chi connectivity index (χ3n) is 1.77. The molecule has 0 fully saturated rings. The van der Waals surface area contributed by atoms with E-state index in [2.05, 4.69) is 0 Å². The van der Waals surface area contributed by atoms with Crippen molar-refractivity contribution >= 4 is 6.29 Å². The summed E-state index contributed by atoms with van der Waals surface area (Å²) in [5.74, 6) is 0. The second kappa shape index (κ2) is 6.02. The van der Waals surface area contributed by atoms with Crippen molar-refractivity contribution < 1.29 is 35.4 Å². The Morgan fingerprint density at radius 1 is 0.929 bits per heavy atom. The molecule has 0 saturated heterocycles. The van der Waals surface area contributed by atoms with Crippen molar-refractivity contribution in [2.45, 2.75) is 30.5 Å². The van der Waals surface area contributed by atoms with Crippen LogP contribution in [0.3, 0.4) is 0 Å². The van der Waals surface area contributed by atoms with Crippen LogP contribution >= 0.6 is 0 Å². The van der Waals surface area contributed by atoms with Crippen LogP contribution in [0.1, 0.15) is 0 Å². The molecule has 0 spiro atoms. The van der Waals surface area contributed by atoms with Crippen LogP contribution in [0.25, 0.3) is 0 Å². The van der Waals surface area contributed by atoms with E-state index >= 15 is 0 Å². The van der Waals surface area contributed by atoms with Gasteiger partial charge in [-0.15, -0.1) is 0 Å². The fraction of sp³-hybridized carbons (Fsp3) is 0.857. The van der Waals surface area contributed by atoms with Gasteiger partial charge in [0.05, 0.1) is 6.61 Å². The number of hydrogen-bond donors (Lipinski definition) is 6. The molecule has 0 aromatic carbocycles. The maximum atomic E-state index is 10.00. The molecular formula is C7H14O7. The summed E-state index contributed by atoms with van der Waals surface area (Å²) in [7, 11) is 0. The summed E-state index contributed by atoms with van der Waals surface area (Å²) in [6.45, 7) is -0.817. The quantitative estimate of drug-likeness (QED) is 0.245. The van der Waals surface area contributed by atoms with Gasteiger partial charge in [0.15, 0.2) is 6.29 Å². The van der Waals surface area contributed by atoms with Crippen LogP contribution in [0, 0.1) is 0 Å². The molecule has 7 heteroatoms. The van der Waals surface area contributed by atoms with Crippen molar-refractivity contribution in [1.82, 2.24) is 0 Å². The van der Waals surface area contributed by atoms with Gasteiger partial charge in [-0.25, -0.2) is 0 Å². The lowest BCUT2D eigenvalue weighted by Crippen LogP contribution is -2.50. The molecule has 0 radical (unpaired) electrons. The predicted molar refractivity (Wildman–Crippen MR) is 43.2 cm³/mol. The van der Waals surface area contributed by atoms with Crippen LogP contribution in [0.15, 0.2) is 0 Å². The average molecular weight is 210 g/mol. The third kappa shape index (κ3) is 3.29. The Labute approximate surface area is 79.9 Å². The highest BCUT2D eigenvalue weighted by atomic mass is 16.4. The molecule has 0 aromatic heterocycles. The van der Waals surface area contributed by atoms with Gasteiger partial charge >= 0.3 is 0 Å². The highest BCUT2D eigenvalue weighted by Crippen LogP contribution is 2.07. The van der Waals surface area contributed by atoms with Gasteiger partial charge in [-0.1, -0.05) is 0 Å². The van der Waals surface area contributed by atoms with E-state index in [0.717, 1.165) is 0 Å². The van der Waals surface area contributed by atoms with Gasteiger partial charge in [-0.3, -0.25) is 0 Å². The Bertz CT molecular complexity index is 173. The van der Waals surface area contributed by atoms with Crippen molar-refractivity contribution in [2.75, 3.05) is 6.61 Å². The van der Waals surface area contributed by atoms with E-state index < -0.39 is 37.1 Å². The first-order valence-corrected chi connectivity index (χ1v) is 3.92. The molecule has 0 amide bonds. The largest absolute Gasteiger partial charge is 0.394 e. The number of aliphatic hydroxyl groups excluding tert-OH is 6. The summed E-state index contributed by atoms with van der Waals surface area (Å²) in [6.07, 6.45) is -9.21. The van der Waals surface area contributed by atoms with Gasteiger partial charge in [-0.2, -0.15) is 0 Å². The molecule has 6 N–H and O–H groups in total. The fourth-order valence-corrected chi connectivity index (χ4v) is 0.820. The van der Waals surface area contributed by atoms with E-state index in [4.69, 9.17) is 30.6 Å². The van der Waals surface area contributed by atoms with Gasteiger partial charge in [0.2, 0.25) is 0 Å². The monoisotopic (exact) mass is 210 g/mol. The maximum Gasteiger partial charge on any atom is 0.151 e. The van der Waals surface area contributed by atoms with E-state index in [-0.39, 0.29) is 6.29 Å². The second-order valence-corrected chi connectivity index (χ2v) is 2.85. The molecule has 0 aliphatic rings. The first-order valence-electron chi connectivity index (χ1n) is 3.92. The van der Waals surface area contributed by atoms with Crippen molar-refractivity contribution in [2.24, 2.45) is 0 Å². The number of rotatable bonds is 6. The molecule has 0 bridgehead atoms. The van der Waals surface area contributed by atoms with Crippen LogP contribution in [-0.2, 0) is 4.79 Å². The highest BCUT2D eigenvalue weighted by Gasteiger charge is 2.33. The minimum absolute atomic E-state index is 0.0219. The molecule has 0 aliphatic heterocycles. The Morgan fingerprint density at radius 2 is 1.43 bits per heavy atom. The van der Waals surface area contributed by atoms with E-state index in [1.165, 1.54) is 0 Å². The van der Waals surface area contributed by atoms with Gasteiger partial charge in [0.25, 0.3) is 0 Å². The number of hydrogen-bond acceptors (Lipinski definition) is 7. The highest BCUT2D eigenvalue weighted by molar-refractivity contribution is 5.56. The topological polar surface area (TPSA) is 138 Å². The van der Waals surface area contributed by atoms with Crippen molar-refractivity contribution in [3.8, 4) is 0 Å². The van der Waals surface area contributed by atoms with Gasteiger partial charge in [-0.05, 0) is 0 Å². The maximum absolute atomic E-state index is 10.00. The summed E-state index contributed by atoms with van der Waals surface area (Å²) in [5, 5.41) is 53.2. The smallest absolute Gasteiger partial charge is 0.151 e. The van der Waals surface area contributed by atoms with Crippen molar-refractivity contribution in [3.63, 3.8) is 0 Å². The normalized spacial score (nSPS) is 22.1. The minimum atomic E-state index is -1.92. The van der Waals surface area contributed by atoms with Crippen LogP contribution in [0.2, 0.25) is 0 Å². The van der Waals surface area contributed by atoms with Crippen molar-refractivity contribution in [3.05, 3.63) is 0 Å².